The van der Waals surface area contributed by atoms with E-state index in [1.54, 1.807) is 26.4 Å². The molecular formula is C22H25ClN4O3S. The third kappa shape index (κ3) is 5.78. The summed E-state index contributed by atoms with van der Waals surface area (Å²) in [5.74, 6) is 1.12. The molecule has 31 heavy (non-hydrogen) atoms. The van der Waals surface area contributed by atoms with Crippen LogP contribution in [0.2, 0.25) is 5.02 Å². The fourth-order valence-corrected chi connectivity index (χ4v) is 4.08. The molecule has 164 valence electrons. The molecule has 0 fully saturated rings. The molecule has 0 saturated carbocycles. The van der Waals surface area contributed by atoms with Crippen LogP contribution in [0.3, 0.4) is 0 Å². The lowest BCUT2D eigenvalue weighted by atomic mass is 10.2. The average molecular weight is 461 g/mol. The Hall–Kier alpha value is -2.55. The summed E-state index contributed by atoms with van der Waals surface area (Å²) in [5, 5.41) is 12.5. The van der Waals surface area contributed by atoms with Gasteiger partial charge in [0, 0.05) is 25.8 Å². The Labute approximate surface area is 191 Å². The number of thioether (sulfide) groups is 1. The molecule has 7 nitrogen and oxygen atoms in total. The van der Waals surface area contributed by atoms with Crippen molar-refractivity contribution in [3.8, 4) is 17.1 Å². The van der Waals surface area contributed by atoms with Gasteiger partial charge in [0.05, 0.1) is 23.1 Å². The summed E-state index contributed by atoms with van der Waals surface area (Å²) in [5.41, 5.74) is 1.42. The van der Waals surface area contributed by atoms with Crippen molar-refractivity contribution in [1.82, 2.24) is 14.8 Å². The van der Waals surface area contributed by atoms with Crippen LogP contribution >= 0.6 is 23.4 Å². The van der Waals surface area contributed by atoms with E-state index in [9.17, 15) is 4.79 Å². The van der Waals surface area contributed by atoms with Crippen LogP contribution in [0.1, 0.15) is 13.3 Å². The number of rotatable bonds is 10. The van der Waals surface area contributed by atoms with Gasteiger partial charge in [-0.05, 0) is 37.6 Å². The number of halogens is 1. The van der Waals surface area contributed by atoms with E-state index in [0.717, 1.165) is 12.0 Å². The number of carbonyl (C=O) groups is 1. The Balaban J connectivity index is 1.81. The van der Waals surface area contributed by atoms with Gasteiger partial charge in [-0.15, -0.1) is 10.2 Å². The highest BCUT2D eigenvalue weighted by molar-refractivity contribution is 8.00. The van der Waals surface area contributed by atoms with Gasteiger partial charge in [0.15, 0.2) is 11.0 Å². The molecule has 1 atom stereocenters. The first-order valence-electron chi connectivity index (χ1n) is 9.82. The van der Waals surface area contributed by atoms with E-state index in [1.807, 2.05) is 47.9 Å². The van der Waals surface area contributed by atoms with E-state index in [0.29, 0.717) is 40.6 Å². The summed E-state index contributed by atoms with van der Waals surface area (Å²) in [6, 6.07) is 14.8. The Morgan fingerprint density at radius 2 is 1.90 bits per heavy atom. The molecule has 0 aliphatic heterocycles. The first-order chi connectivity index (χ1) is 15.0. The molecule has 0 radical (unpaired) electrons. The molecule has 1 heterocycles. The van der Waals surface area contributed by atoms with Crippen molar-refractivity contribution in [1.29, 1.82) is 0 Å². The summed E-state index contributed by atoms with van der Waals surface area (Å²) in [4.78, 5) is 12.8. The van der Waals surface area contributed by atoms with Gasteiger partial charge < -0.3 is 19.4 Å². The lowest BCUT2D eigenvalue weighted by Crippen LogP contribution is -2.23. The fraction of sp³-hybridized carbons (Fsp3) is 0.318. The number of ether oxygens (including phenoxy) is 2. The highest BCUT2D eigenvalue weighted by Crippen LogP contribution is 2.31. The molecule has 1 N–H and O–H groups in total. The summed E-state index contributed by atoms with van der Waals surface area (Å²) in [7, 11) is 3.24. The average Bonchev–Trinajstić information content (AvgIpc) is 3.16. The van der Waals surface area contributed by atoms with Crippen LogP contribution in [0.15, 0.2) is 53.7 Å². The molecule has 1 unspecified atom stereocenters. The molecule has 1 aromatic heterocycles. The lowest BCUT2D eigenvalue weighted by Gasteiger charge is -2.15. The zero-order chi connectivity index (χ0) is 22.2. The number of amides is 1. The third-order valence-corrected chi connectivity index (χ3v) is 5.99. The van der Waals surface area contributed by atoms with Crippen molar-refractivity contribution in [2.45, 2.75) is 30.3 Å². The van der Waals surface area contributed by atoms with E-state index in [2.05, 4.69) is 15.5 Å². The quantitative estimate of drug-likeness (QED) is 0.347. The molecule has 1 amide bonds. The van der Waals surface area contributed by atoms with Gasteiger partial charge in [0.1, 0.15) is 5.75 Å². The van der Waals surface area contributed by atoms with Gasteiger partial charge in [-0.2, -0.15) is 0 Å². The number of hydrogen-bond donors (Lipinski definition) is 1. The normalized spacial score (nSPS) is 11.9. The lowest BCUT2D eigenvalue weighted by molar-refractivity contribution is -0.115. The minimum absolute atomic E-state index is 0.153. The topological polar surface area (TPSA) is 78.3 Å². The number of aromatic nitrogens is 3. The Morgan fingerprint density at radius 1 is 1.16 bits per heavy atom. The third-order valence-electron chi connectivity index (χ3n) is 4.58. The van der Waals surface area contributed by atoms with E-state index in [1.165, 1.54) is 11.8 Å². The van der Waals surface area contributed by atoms with Gasteiger partial charge in [-0.1, -0.05) is 47.6 Å². The summed E-state index contributed by atoms with van der Waals surface area (Å²) in [6.07, 6.45) is 0.779. The van der Waals surface area contributed by atoms with E-state index in [4.69, 9.17) is 21.1 Å². The number of benzene rings is 2. The number of para-hydroxylation sites is 2. The van der Waals surface area contributed by atoms with Crippen LogP contribution < -0.4 is 10.1 Å². The maximum atomic E-state index is 12.8. The van der Waals surface area contributed by atoms with Crippen LogP contribution in [0, 0.1) is 0 Å². The maximum absolute atomic E-state index is 12.8. The minimum atomic E-state index is -0.408. The predicted octanol–water partition coefficient (Wildman–Crippen LogP) is 4.76. The Morgan fingerprint density at radius 3 is 2.65 bits per heavy atom. The van der Waals surface area contributed by atoms with E-state index in [-0.39, 0.29) is 5.91 Å². The zero-order valence-corrected chi connectivity index (χ0v) is 19.2. The smallest absolute Gasteiger partial charge is 0.237 e. The zero-order valence-electron chi connectivity index (χ0n) is 17.7. The van der Waals surface area contributed by atoms with Crippen molar-refractivity contribution >= 4 is 35.0 Å². The van der Waals surface area contributed by atoms with Crippen LogP contribution in [0.4, 0.5) is 5.69 Å². The van der Waals surface area contributed by atoms with Gasteiger partial charge in [-0.25, -0.2) is 0 Å². The highest BCUT2D eigenvalue weighted by Gasteiger charge is 2.22. The number of hydrogen-bond acceptors (Lipinski definition) is 6. The van der Waals surface area contributed by atoms with Gasteiger partial charge in [0.2, 0.25) is 5.91 Å². The molecule has 0 spiro atoms. The van der Waals surface area contributed by atoms with E-state index >= 15 is 0 Å². The number of methoxy groups -OCH3 is 2. The number of nitrogens with zero attached hydrogens (tertiary/aromatic N) is 3. The molecule has 3 rings (SSSR count). The van der Waals surface area contributed by atoms with E-state index < -0.39 is 5.25 Å². The summed E-state index contributed by atoms with van der Waals surface area (Å²) in [6.45, 7) is 3.08. The molecule has 0 bridgehead atoms. The van der Waals surface area contributed by atoms with Crippen molar-refractivity contribution in [2.75, 3.05) is 26.1 Å². The highest BCUT2D eigenvalue weighted by atomic mass is 35.5. The van der Waals surface area contributed by atoms with Gasteiger partial charge in [0.25, 0.3) is 0 Å². The number of carbonyl (C=O) groups excluding carboxylic acids is 1. The minimum Gasteiger partial charge on any atom is -0.495 e. The predicted molar refractivity (Wildman–Crippen MR) is 124 cm³/mol. The summed E-state index contributed by atoms with van der Waals surface area (Å²) < 4.78 is 12.5. The molecule has 0 aliphatic carbocycles. The fourth-order valence-electron chi connectivity index (χ4n) is 2.98. The molecule has 0 aliphatic rings. The molecule has 9 heteroatoms. The second-order valence-electron chi connectivity index (χ2n) is 6.73. The van der Waals surface area contributed by atoms with Crippen LogP contribution in [-0.4, -0.2) is 46.7 Å². The van der Waals surface area contributed by atoms with Crippen molar-refractivity contribution in [3.63, 3.8) is 0 Å². The second-order valence-corrected chi connectivity index (χ2v) is 8.45. The maximum Gasteiger partial charge on any atom is 0.237 e. The van der Waals surface area contributed by atoms with Crippen LogP contribution in [0.5, 0.6) is 5.75 Å². The number of nitrogens with one attached hydrogen (secondary N) is 1. The standard InChI is InChI=1S/C22H25ClN4O3S/c1-15(21(28)24-18-11-6-7-12-19(18)30-3)31-22-26-25-20(27(22)13-8-14-29-2)16-9-4-5-10-17(16)23/h4-7,9-12,15H,8,13-14H2,1-3H3,(H,24,28). The first-order valence-corrected chi connectivity index (χ1v) is 11.1. The molecule has 0 saturated heterocycles. The SMILES string of the molecule is COCCCn1c(SC(C)C(=O)Nc2ccccc2OC)nnc1-c1ccccc1Cl. The first kappa shape index (κ1) is 23.1. The molecule has 3 aromatic rings. The number of anilines is 1. The van der Waals surface area contributed by atoms with Crippen molar-refractivity contribution in [3.05, 3.63) is 53.6 Å². The van der Waals surface area contributed by atoms with Crippen LogP contribution in [0.25, 0.3) is 11.4 Å². The van der Waals surface area contributed by atoms with Crippen LogP contribution in [-0.2, 0) is 16.1 Å². The summed E-state index contributed by atoms with van der Waals surface area (Å²) >= 11 is 7.73. The van der Waals surface area contributed by atoms with Gasteiger partial charge in [-0.3, -0.25) is 4.79 Å². The monoisotopic (exact) mass is 460 g/mol. The van der Waals surface area contributed by atoms with Crippen molar-refractivity contribution in [2.24, 2.45) is 0 Å². The van der Waals surface area contributed by atoms with Gasteiger partial charge >= 0.3 is 0 Å². The largest absolute Gasteiger partial charge is 0.495 e. The second kappa shape index (κ2) is 11.2. The Bertz CT molecular complexity index is 1030. The molecule has 2 aromatic carbocycles. The van der Waals surface area contributed by atoms with Crippen molar-refractivity contribution < 1.29 is 14.3 Å². The Kier molecular flexibility index (Phi) is 8.34. The molecular weight excluding hydrogens is 436 g/mol.